The molecule has 2 aliphatic rings. The van der Waals surface area contributed by atoms with Gasteiger partial charge in [-0.05, 0) is 26.2 Å². The van der Waals surface area contributed by atoms with Gasteiger partial charge in [-0.15, -0.1) is 0 Å². The Labute approximate surface area is 122 Å². The maximum atomic E-state index is 12.7. The zero-order valence-electron chi connectivity index (χ0n) is 11.6. The van der Waals surface area contributed by atoms with Gasteiger partial charge in [-0.2, -0.15) is 0 Å². The van der Waals surface area contributed by atoms with E-state index in [0.29, 0.717) is 12.6 Å². The molecule has 0 saturated carbocycles. The van der Waals surface area contributed by atoms with Crippen LogP contribution in [-0.4, -0.2) is 38.7 Å². The Morgan fingerprint density at radius 1 is 1.45 bits per heavy atom. The van der Waals surface area contributed by atoms with Gasteiger partial charge in [0, 0.05) is 37.1 Å². The fourth-order valence-electron chi connectivity index (χ4n) is 2.96. The van der Waals surface area contributed by atoms with Gasteiger partial charge in [-0.1, -0.05) is 11.8 Å². The van der Waals surface area contributed by atoms with Crippen molar-refractivity contribution in [2.24, 2.45) is 5.92 Å². The zero-order valence-corrected chi connectivity index (χ0v) is 12.4. The first kappa shape index (κ1) is 13.7. The van der Waals surface area contributed by atoms with E-state index < -0.39 is 0 Å². The molecular weight excluding hydrogens is 274 g/mol. The summed E-state index contributed by atoms with van der Waals surface area (Å²) in [4.78, 5) is 30.7. The number of carbonyl (C=O) groups is 1. The molecule has 1 fully saturated rings. The van der Waals surface area contributed by atoms with E-state index in [1.807, 2.05) is 4.90 Å². The number of amides is 1. The third-order valence-corrected chi connectivity index (χ3v) is 5.30. The van der Waals surface area contributed by atoms with E-state index in [1.165, 1.54) is 30.4 Å². The summed E-state index contributed by atoms with van der Waals surface area (Å²) in [6.07, 6.45) is 4.92. The highest BCUT2D eigenvalue weighted by Gasteiger charge is 2.32. The molecule has 0 radical (unpaired) electrons. The van der Waals surface area contributed by atoms with Crippen LogP contribution in [0.2, 0.25) is 0 Å². The first-order valence-corrected chi connectivity index (χ1v) is 8.14. The molecule has 2 aliphatic heterocycles. The number of carbonyl (C=O) groups excluding carboxylic acids is 1. The minimum Gasteiger partial charge on any atom is -0.340 e. The number of thioether (sulfide) groups is 1. The molecule has 1 amide bonds. The topological polar surface area (TPSA) is 55.2 Å². The lowest BCUT2D eigenvalue weighted by Crippen LogP contribution is -2.48. The van der Waals surface area contributed by atoms with E-state index in [0.717, 1.165) is 30.3 Å². The second-order valence-corrected chi connectivity index (χ2v) is 6.55. The number of aromatic nitrogens is 2. The first-order valence-electron chi connectivity index (χ1n) is 7.16. The van der Waals surface area contributed by atoms with E-state index >= 15 is 0 Å². The molecule has 20 heavy (non-hydrogen) atoms. The fourth-order valence-corrected chi connectivity index (χ4v) is 4.01. The Hall–Kier alpha value is -1.30. The van der Waals surface area contributed by atoms with Crippen LogP contribution in [0.5, 0.6) is 0 Å². The van der Waals surface area contributed by atoms with Crippen molar-refractivity contribution in [2.45, 2.75) is 43.9 Å². The molecule has 0 spiro atoms. The summed E-state index contributed by atoms with van der Waals surface area (Å²) in [5.74, 6) is 0.819. The van der Waals surface area contributed by atoms with E-state index in [-0.39, 0.29) is 17.4 Å². The van der Waals surface area contributed by atoms with Gasteiger partial charge in [0.2, 0.25) is 5.91 Å². The zero-order chi connectivity index (χ0) is 14.1. The number of piperidine rings is 1. The van der Waals surface area contributed by atoms with Crippen molar-refractivity contribution in [3.05, 3.63) is 22.6 Å². The predicted octanol–water partition coefficient (Wildman–Crippen LogP) is 1.37. The van der Waals surface area contributed by atoms with Crippen LogP contribution in [0.25, 0.3) is 0 Å². The van der Waals surface area contributed by atoms with Gasteiger partial charge in [0.25, 0.3) is 5.56 Å². The van der Waals surface area contributed by atoms with Gasteiger partial charge in [-0.25, -0.2) is 4.98 Å². The summed E-state index contributed by atoms with van der Waals surface area (Å²) in [7, 11) is 0. The smallest absolute Gasteiger partial charge is 0.254 e. The van der Waals surface area contributed by atoms with Gasteiger partial charge in [-0.3, -0.25) is 14.2 Å². The predicted molar refractivity (Wildman–Crippen MR) is 77.7 cm³/mol. The quantitative estimate of drug-likeness (QED) is 0.734. The third-order valence-electron chi connectivity index (χ3n) is 4.15. The summed E-state index contributed by atoms with van der Waals surface area (Å²) >= 11 is 1.51. The lowest BCUT2D eigenvalue weighted by molar-refractivity contribution is -0.138. The van der Waals surface area contributed by atoms with Crippen LogP contribution in [0.1, 0.15) is 26.2 Å². The number of nitrogens with zero attached hydrogens (tertiary/aromatic N) is 3. The molecule has 2 atom stereocenters. The van der Waals surface area contributed by atoms with Gasteiger partial charge in [0.05, 0.1) is 5.92 Å². The molecule has 1 saturated heterocycles. The minimum atomic E-state index is -0.102. The van der Waals surface area contributed by atoms with Crippen molar-refractivity contribution in [3.8, 4) is 0 Å². The molecule has 0 N–H and O–H groups in total. The van der Waals surface area contributed by atoms with E-state index in [9.17, 15) is 9.59 Å². The molecule has 0 aromatic carbocycles. The molecule has 3 rings (SSSR count). The Morgan fingerprint density at radius 2 is 2.30 bits per heavy atom. The normalized spacial score (nSPS) is 26.1. The number of fused-ring (bicyclic) bond motifs is 1. The Balaban J connectivity index is 1.78. The highest BCUT2D eigenvalue weighted by atomic mass is 32.2. The third kappa shape index (κ3) is 2.49. The fraction of sp³-hybridized carbons (Fsp3) is 0.643. The highest BCUT2D eigenvalue weighted by molar-refractivity contribution is 7.99. The Morgan fingerprint density at radius 3 is 3.10 bits per heavy atom. The SMILES string of the molecule is CC1CCCCN1C(=O)C1CSc2nccc(=O)n2C1. The van der Waals surface area contributed by atoms with Crippen LogP contribution in [0.3, 0.4) is 0 Å². The van der Waals surface area contributed by atoms with Gasteiger partial charge >= 0.3 is 0 Å². The van der Waals surface area contributed by atoms with E-state index in [4.69, 9.17) is 0 Å². The minimum absolute atomic E-state index is 0.0632. The summed E-state index contributed by atoms with van der Waals surface area (Å²) in [5, 5.41) is 0.730. The summed E-state index contributed by atoms with van der Waals surface area (Å²) < 4.78 is 1.63. The molecule has 6 heteroatoms. The molecule has 108 valence electrons. The van der Waals surface area contributed by atoms with Crippen molar-refractivity contribution >= 4 is 17.7 Å². The molecule has 0 aliphatic carbocycles. The number of rotatable bonds is 1. The molecule has 0 bridgehead atoms. The van der Waals surface area contributed by atoms with Crippen LogP contribution in [0.4, 0.5) is 0 Å². The average Bonchev–Trinajstić information content (AvgIpc) is 2.47. The average molecular weight is 293 g/mol. The standard InChI is InChI=1S/C14H19N3O2S/c1-10-4-2-3-7-16(10)13(19)11-8-17-12(18)5-6-15-14(17)20-9-11/h5-6,10-11H,2-4,7-9H2,1H3. The maximum Gasteiger partial charge on any atom is 0.254 e. The number of hydrogen-bond acceptors (Lipinski definition) is 4. The molecule has 3 heterocycles. The van der Waals surface area contributed by atoms with Crippen LogP contribution < -0.4 is 5.56 Å². The Bertz CT molecular complexity index is 572. The largest absolute Gasteiger partial charge is 0.340 e. The molecule has 1 aromatic rings. The van der Waals surface area contributed by atoms with Crippen LogP contribution in [-0.2, 0) is 11.3 Å². The maximum absolute atomic E-state index is 12.7. The second kappa shape index (κ2) is 5.60. The van der Waals surface area contributed by atoms with Crippen molar-refractivity contribution < 1.29 is 4.79 Å². The molecule has 1 aromatic heterocycles. The molecular formula is C14H19N3O2S. The van der Waals surface area contributed by atoms with Crippen molar-refractivity contribution in [3.63, 3.8) is 0 Å². The van der Waals surface area contributed by atoms with E-state index in [2.05, 4.69) is 11.9 Å². The van der Waals surface area contributed by atoms with Crippen LogP contribution in [0.15, 0.2) is 22.2 Å². The Kier molecular flexibility index (Phi) is 3.83. The van der Waals surface area contributed by atoms with Crippen molar-refractivity contribution in [2.75, 3.05) is 12.3 Å². The number of hydrogen-bond donors (Lipinski definition) is 0. The van der Waals surface area contributed by atoms with Gasteiger partial charge < -0.3 is 4.90 Å². The van der Waals surface area contributed by atoms with Gasteiger partial charge in [0.15, 0.2) is 5.16 Å². The monoisotopic (exact) mass is 293 g/mol. The van der Waals surface area contributed by atoms with Crippen LogP contribution in [0, 0.1) is 5.92 Å². The second-order valence-electron chi connectivity index (χ2n) is 5.56. The number of likely N-dealkylation sites (tertiary alicyclic amines) is 1. The van der Waals surface area contributed by atoms with Crippen molar-refractivity contribution in [1.29, 1.82) is 0 Å². The summed E-state index contributed by atoms with van der Waals surface area (Å²) in [6, 6.07) is 1.79. The first-order chi connectivity index (χ1) is 9.66. The highest BCUT2D eigenvalue weighted by Crippen LogP contribution is 2.27. The molecule has 5 nitrogen and oxygen atoms in total. The van der Waals surface area contributed by atoms with E-state index in [1.54, 1.807) is 4.57 Å². The lowest BCUT2D eigenvalue weighted by atomic mass is 10.0. The van der Waals surface area contributed by atoms with Crippen molar-refractivity contribution in [1.82, 2.24) is 14.5 Å². The summed E-state index contributed by atoms with van der Waals surface area (Å²) in [5.41, 5.74) is -0.0632. The van der Waals surface area contributed by atoms with Crippen LogP contribution >= 0.6 is 11.8 Å². The van der Waals surface area contributed by atoms with Gasteiger partial charge in [0.1, 0.15) is 0 Å². The summed E-state index contributed by atoms with van der Waals surface area (Å²) in [6.45, 7) is 3.45. The lowest BCUT2D eigenvalue weighted by Gasteiger charge is -2.37. The molecule has 2 unspecified atom stereocenters.